The fraction of sp³-hybridized carbons (Fsp3) is 0.765. The second-order valence-electron chi connectivity index (χ2n) is 6.27. The number of aliphatic imine (C=N–C) groups is 1. The molecule has 0 saturated carbocycles. The van der Waals surface area contributed by atoms with Crippen LogP contribution in [-0.4, -0.2) is 87.7 Å². The van der Waals surface area contributed by atoms with Gasteiger partial charge in [0.05, 0.1) is 0 Å². The minimum Gasteiger partial charge on any atom is -0.354 e. The van der Waals surface area contributed by atoms with Gasteiger partial charge in [-0.2, -0.15) is 11.8 Å². The first-order valence-corrected chi connectivity index (χ1v) is 10.7. The van der Waals surface area contributed by atoms with Gasteiger partial charge < -0.3 is 19.7 Å². The number of guanidine groups is 1. The van der Waals surface area contributed by atoms with Crippen molar-refractivity contribution in [1.29, 1.82) is 0 Å². The number of hydrogen-bond acceptors (Lipinski definition) is 5. The molecule has 1 aromatic heterocycles. The zero-order chi connectivity index (χ0) is 18.8. The predicted octanol–water partition coefficient (Wildman–Crippen LogP) is 1.32. The number of thioether (sulfide) groups is 1. The van der Waals surface area contributed by atoms with Crippen LogP contribution in [0.15, 0.2) is 11.3 Å². The molecule has 1 fully saturated rings. The molecule has 1 aromatic rings. The Bertz CT molecular complexity index is 588. The normalized spacial score (nSPS) is 14.9. The number of carbonyl (C=O) groups excluding carboxylic acids is 1. The van der Waals surface area contributed by atoms with Crippen molar-refractivity contribution in [2.75, 3.05) is 51.3 Å². The maximum atomic E-state index is 11.5. The van der Waals surface area contributed by atoms with Crippen molar-refractivity contribution >= 4 is 47.6 Å². The fourth-order valence-electron chi connectivity index (χ4n) is 2.92. The number of aromatic nitrogens is 3. The number of hydrogen-bond donors (Lipinski definition) is 1. The Kier molecular flexibility index (Phi) is 11.7. The first-order chi connectivity index (χ1) is 12.7. The largest absolute Gasteiger partial charge is 0.354 e. The van der Waals surface area contributed by atoms with E-state index < -0.39 is 0 Å². The molecule has 0 bridgehead atoms. The minimum absolute atomic E-state index is 0. The number of aryl methyl sites for hydroxylation is 1. The summed E-state index contributed by atoms with van der Waals surface area (Å²) in [4.78, 5) is 20.5. The summed E-state index contributed by atoms with van der Waals surface area (Å²) in [6, 6.07) is 0. The van der Waals surface area contributed by atoms with Crippen LogP contribution in [0, 0.1) is 0 Å². The zero-order valence-corrected chi connectivity index (χ0v) is 19.7. The highest BCUT2D eigenvalue weighted by Crippen LogP contribution is 2.04. The Morgan fingerprint density at radius 3 is 2.63 bits per heavy atom. The molecule has 1 aliphatic heterocycles. The van der Waals surface area contributed by atoms with Crippen LogP contribution >= 0.6 is 35.7 Å². The molecule has 0 aromatic carbocycles. The summed E-state index contributed by atoms with van der Waals surface area (Å²) in [5, 5.41) is 11.6. The average Bonchev–Trinajstić information content (AvgIpc) is 3.11. The molecule has 1 N–H and O–H groups in total. The molecule has 10 heteroatoms. The molecule has 0 radical (unpaired) electrons. The topological polar surface area (TPSA) is 78.7 Å². The standard InChI is InChI=1S/C17H31N7OS.HI/c1-4-16-21-20-14-24(16)8-7-19-17(18-6-5-13-26-3)23-11-9-22(10-12-23)15(2)25;/h14H,4-13H2,1-3H3,(H,18,19);1H. The summed E-state index contributed by atoms with van der Waals surface area (Å²) in [6.07, 6.45) is 5.85. The number of halogens is 1. The molecule has 1 saturated heterocycles. The molecular formula is C17H32IN7OS. The molecule has 2 heterocycles. The lowest BCUT2D eigenvalue weighted by Crippen LogP contribution is -2.53. The summed E-state index contributed by atoms with van der Waals surface area (Å²) in [6.45, 7) is 9.28. The molecule has 27 heavy (non-hydrogen) atoms. The summed E-state index contributed by atoms with van der Waals surface area (Å²) >= 11 is 1.85. The minimum atomic E-state index is 0. The Morgan fingerprint density at radius 2 is 2.00 bits per heavy atom. The average molecular weight is 509 g/mol. The van der Waals surface area contributed by atoms with Crippen molar-refractivity contribution in [2.24, 2.45) is 4.99 Å². The lowest BCUT2D eigenvalue weighted by molar-refractivity contribution is -0.130. The Balaban J connectivity index is 0.00000364. The molecule has 0 unspecified atom stereocenters. The van der Waals surface area contributed by atoms with Crippen molar-refractivity contribution in [3.05, 3.63) is 12.2 Å². The van der Waals surface area contributed by atoms with Gasteiger partial charge in [0.15, 0.2) is 5.96 Å². The fourth-order valence-corrected chi connectivity index (χ4v) is 3.34. The van der Waals surface area contributed by atoms with E-state index in [0.717, 1.165) is 76.2 Å². The second-order valence-corrected chi connectivity index (χ2v) is 7.25. The molecule has 0 spiro atoms. The van der Waals surface area contributed by atoms with Crippen molar-refractivity contribution in [3.63, 3.8) is 0 Å². The molecule has 0 aliphatic carbocycles. The number of nitrogens with one attached hydrogen (secondary N) is 1. The van der Waals surface area contributed by atoms with E-state index in [-0.39, 0.29) is 29.9 Å². The summed E-state index contributed by atoms with van der Waals surface area (Å²) in [7, 11) is 0. The van der Waals surface area contributed by atoms with E-state index in [9.17, 15) is 4.79 Å². The Morgan fingerprint density at radius 1 is 1.30 bits per heavy atom. The van der Waals surface area contributed by atoms with Crippen LogP contribution in [0.5, 0.6) is 0 Å². The van der Waals surface area contributed by atoms with E-state index in [4.69, 9.17) is 4.99 Å². The van der Waals surface area contributed by atoms with Crippen LogP contribution < -0.4 is 5.32 Å². The number of rotatable bonds is 8. The predicted molar refractivity (Wildman–Crippen MR) is 122 cm³/mol. The summed E-state index contributed by atoms with van der Waals surface area (Å²) in [5.74, 6) is 3.21. The highest BCUT2D eigenvalue weighted by atomic mass is 127. The van der Waals surface area contributed by atoms with E-state index >= 15 is 0 Å². The molecule has 2 rings (SSSR count). The van der Waals surface area contributed by atoms with Gasteiger partial charge >= 0.3 is 0 Å². The molecular weight excluding hydrogens is 477 g/mol. The van der Waals surface area contributed by atoms with Crippen LogP contribution in [0.25, 0.3) is 0 Å². The molecule has 1 amide bonds. The summed E-state index contributed by atoms with van der Waals surface area (Å²) < 4.78 is 2.08. The number of amides is 1. The molecule has 8 nitrogen and oxygen atoms in total. The van der Waals surface area contributed by atoms with Crippen LogP contribution in [0.3, 0.4) is 0 Å². The van der Waals surface area contributed by atoms with Gasteiger partial charge in [-0.3, -0.25) is 9.79 Å². The number of nitrogens with zero attached hydrogens (tertiary/aromatic N) is 6. The van der Waals surface area contributed by atoms with Gasteiger partial charge in [0.1, 0.15) is 12.2 Å². The molecule has 154 valence electrons. The van der Waals surface area contributed by atoms with Gasteiger partial charge in [0.2, 0.25) is 5.91 Å². The van der Waals surface area contributed by atoms with Gasteiger partial charge in [-0.1, -0.05) is 6.92 Å². The SMILES string of the molecule is CCc1nncn1CCNC(=NCCCSC)N1CCN(C(C)=O)CC1.I. The van der Waals surface area contributed by atoms with Gasteiger partial charge in [-0.05, 0) is 18.4 Å². The first-order valence-electron chi connectivity index (χ1n) is 9.30. The monoisotopic (exact) mass is 509 g/mol. The Labute approximate surface area is 183 Å². The van der Waals surface area contributed by atoms with E-state index in [2.05, 4.69) is 38.2 Å². The summed E-state index contributed by atoms with van der Waals surface area (Å²) in [5.41, 5.74) is 0. The van der Waals surface area contributed by atoms with Crippen LogP contribution in [-0.2, 0) is 17.8 Å². The lowest BCUT2D eigenvalue weighted by atomic mass is 10.3. The molecule has 0 atom stereocenters. The van der Waals surface area contributed by atoms with Crippen molar-refractivity contribution in [3.8, 4) is 0 Å². The van der Waals surface area contributed by atoms with E-state index in [0.29, 0.717) is 0 Å². The van der Waals surface area contributed by atoms with E-state index in [1.54, 1.807) is 13.3 Å². The van der Waals surface area contributed by atoms with Gasteiger partial charge in [-0.15, -0.1) is 34.2 Å². The van der Waals surface area contributed by atoms with Crippen LogP contribution in [0.1, 0.15) is 26.1 Å². The van der Waals surface area contributed by atoms with Crippen LogP contribution in [0.2, 0.25) is 0 Å². The van der Waals surface area contributed by atoms with Crippen LogP contribution in [0.4, 0.5) is 0 Å². The Hall–Kier alpha value is -1.04. The van der Waals surface area contributed by atoms with Crippen molar-refractivity contribution < 1.29 is 4.79 Å². The highest BCUT2D eigenvalue weighted by Gasteiger charge is 2.21. The van der Waals surface area contributed by atoms with Gasteiger partial charge in [0.25, 0.3) is 0 Å². The zero-order valence-electron chi connectivity index (χ0n) is 16.6. The smallest absolute Gasteiger partial charge is 0.219 e. The maximum absolute atomic E-state index is 11.5. The highest BCUT2D eigenvalue weighted by molar-refractivity contribution is 14.0. The second kappa shape index (κ2) is 13.2. The van der Waals surface area contributed by atoms with Gasteiger partial charge in [0, 0.05) is 59.2 Å². The third-order valence-corrected chi connectivity index (χ3v) is 5.14. The third kappa shape index (κ3) is 7.84. The third-order valence-electron chi connectivity index (χ3n) is 4.44. The lowest BCUT2D eigenvalue weighted by Gasteiger charge is -2.36. The number of carbonyl (C=O) groups is 1. The van der Waals surface area contributed by atoms with Crippen molar-refractivity contribution in [1.82, 2.24) is 29.9 Å². The quantitative estimate of drug-likeness (QED) is 0.247. The first kappa shape index (κ1) is 24.0. The number of piperazine rings is 1. The maximum Gasteiger partial charge on any atom is 0.219 e. The van der Waals surface area contributed by atoms with E-state index in [1.807, 2.05) is 16.7 Å². The van der Waals surface area contributed by atoms with E-state index in [1.165, 1.54) is 0 Å². The van der Waals surface area contributed by atoms with Crippen molar-refractivity contribution in [2.45, 2.75) is 33.2 Å². The molecule has 1 aliphatic rings. The van der Waals surface area contributed by atoms with Gasteiger partial charge in [-0.25, -0.2) is 0 Å².